The van der Waals surface area contributed by atoms with Crippen LogP contribution in [0.3, 0.4) is 0 Å². The minimum absolute atomic E-state index is 0.119. The number of fused-ring (bicyclic) bond motifs is 1. The van der Waals surface area contributed by atoms with Crippen LogP contribution in [0.5, 0.6) is 0 Å². The number of nitrogens with one attached hydrogen (secondary N) is 1. The van der Waals surface area contributed by atoms with Gasteiger partial charge in [-0.25, -0.2) is 4.99 Å². The summed E-state index contributed by atoms with van der Waals surface area (Å²) in [7, 11) is 0. The van der Waals surface area contributed by atoms with E-state index in [0.29, 0.717) is 6.04 Å². The van der Waals surface area contributed by atoms with Crippen LogP contribution in [0, 0.1) is 5.92 Å². The lowest BCUT2D eigenvalue weighted by Gasteiger charge is -2.27. The van der Waals surface area contributed by atoms with Crippen molar-refractivity contribution in [1.82, 2.24) is 5.32 Å². The minimum Gasteiger partial charge on any atom is -0.310 e. The molecule has 3 rings (SSSR count). The molecule has 0 aromatic carbocycles. The zero-order valence-electron chi connectivity index (χ0n) is 11.1. The fourth-order valence-corrected chi connectivity index (χ4v) is 3.09. The highest BCUT2D eigenvalue weighted by Crippen LogP contribution is 2.24. The lowest BCUT2D eigenvalue weighted by molar-refractivity contribution is -0.113. The van der Waals surface area contributed by atoms with Crippen molar-refractivity contribution in [3.05, 3.63) is 36.0 Å². The first kappa shape index (κ1) is 12.5. The Morgan fingerprint density at radius 2 is 2.05 bits per heavy atom. The van der Waals surface area contributed by atoms with Crippen LogP contribution in [0.2, 0.25) is 0 Å². The number of dihydropyridines is 1. The van der Waals surface area contributed by atoms with Crippen LogP contribution in [0.25, 0.3) is 0 Å². The second-order valence-corrected chi connectivity index (χ2v) is 5.53. The van der Waals surface area contributed by atoms with Crippen molar-refractivity contribution in [2.24, 2.45) is 10.9 Å². The van der Waals surface area contributed by atoms with Crippen LogP contribution in [0.1, 0.15) is 32.1 Å². The number of carbonyl (C=O) groups excluding carboxylic acids is 1. The first-order chi connectivity index (χ1) is 9.33. The Morgan fingerprint density at radius 1 is 1.21 bits per heavy atom. The highest BCUT2D eigenvalue weighted by molar-refractivity contribution is 6.12. The number of allylic oxidation sites excluding steroid dienone is 4. The maximum Gasteiger partial charge on any atom is 0.269 e. The minimum atomic E-state index is -0.119. The molecule has 1 aliphatic heterocycles. The van der Waals surface area contributed by atoms with E-state index in [1.807, 2.05) is 18.2 Å². The van der Waals surface area contributed by atoms with Crippen molar-refractivity contribution in [1.29, 1.82) is 0 Å². The summed E-state index contributed by atoms with van der Waals surface area (Å²) < 4.78 is 0. The Morgan fingerprint density at radius 3 is 2.89 bits per heavy atom. The predicted molar refractivity (Wildman–Crippen MR) is 77.2 cm³/mol. The van der Waals surface area contributed by atoms with Crippen molar-refractivity contribution >= 4 is 11.6 Å². The molecular formula is C16H20N2O. The molecule has 3 aliphatic rings. The first-order valence-electron chi connectivity index (χ1n) is 7.24. The Bertz CT molecular complexity index is 479. The van der Waals surface area contributed by atoms with Crippen molar-refractivity contribution in [2.75, 3.05) is 6.54 Å². The molecule has 3 heteroatoms. The zero-order valence-corrected chi connectivity index (χ0v) is 11.1. The summed E-state index contributed by atoms with van der Waals surface area (Å²) in [6, 6.07) is 0.621. The summed E-state index contributed by atoms with van der Waals surface area (Å²) in [4.78, 5) is 15.7. The van der Waals surface area contributed by atoms with Gasteiger partial charge in [-0.15, -0.1) is 0 Å². The predicted octanol–water partition coefficient (Wildman–Crippen LogP) is 2.56. The Kier molecular flexibility index (Phi) is 3.74. The normalized spacial score (nSPS) is 26.9. The number of hydrogen-bond donors (Lipinski definition) is 1. The monoisotopic (exact) mass is 256 g/mol. The Labute approximate surface area is 114 Å². The van der Waals surface area contributed by atoms with E-state index in [1.54, 1.807) is 6.08 Å². The lowest BCUT2D eigenvalue weighted by atomic mass is 9.87. The van der Waals surface area contributed by atoms with Crippen LogP contribution in [-0.2, 0) is 4.79 Å². The fourth-order valence-electron chi connectivity index (χ4n) is 3.09. The molecule has 19 heavy (non-hydrogen) atoms. The van der Waals surface area contributed by atoms with Gasteiger partial charge in [0.1, 0.15) is 0 Å². The summed E-state index contributed by atoms with van der Waals surface area (Å²) in [5.41, 5.74) is 2.04. The van der Waals surface area contributed by atoms with E-state index in [4.69, 9.17) is 0 Å². The average molecular weight is 256 g/mol. The number of nitrogens with zero attached hydrogens (tertiary/aromatic N) is 1. The van der Waals surface area contributed by atoms with Gasteiger partial charge in [0, 0.05) is 24.6 Å². The molecular weight excluding hydrogens is 236 g/mol. The van der Waals surface area contributed by atoms with Gasteiger partial charge in [0.15, 0.2) is 0 Å². The van der Waals surface area contributed by atoms with Gasteiger partial charge in [-0.2, -0.15) is 0 Å². The number of aliphatic imine (C=N–C) groups is 1. The second-order valence-electron chi connectivity index (χ2n) is 5.53. The number of carbonyl (C=O) groups is 1. The maximum absolute atomic E-state index is 11.6. The molecule has 1 atom stereocenters. The topological polar surface area (TPSA) is 41.5 Å². The molecule has 1 unspecified atom stereocenters. The molecule has 1 fully saturated rings. The summed E-state index contributed by atoms with van der Waals surface area (Å²) in [6.07, 6.45) is 16.3. The van der Waals surface area contributed by atoms with Crippen LogP contribution in [0.15, 0.2) is 40.9 Å². The smallest absolute Gasteiger partial charge is 0.269 e. The SMILES string of the molecule is O=C1C=C(CNC2CCCCC2)C2C=CC=CC2=N1. The highest BCUT2D eigenvalue weighted by atomic mass is 16.1. The molecule has 0 bridgehead atoms. The van der Waals surface area contributed by atoms with E-state index >= 15 is 0 Å². The average Bonchev–Trinajstić information content (AvgIpc) is 2.45. The van der Waals surface area contributed by atoms with Crippen molar-refractivity contribution in [3.63, 3.8) is 0 Å². The summed E-state index contributed by atoms with van der Waals surface area (Å²) in [5, 5.41) is 3.61. The molecule has 0 radical (unpaired) electrons. The molecule has 0 saturated heterocycles. The van der Waals surface area contributed by atoms with E-state index in [1.165, 1.54) is 32.1 Å². The molecule has 100 valence electrons. The van der Waals surface area contributed by atoms with E-state index in [-0.39, 0.29) is 11.8 Å². The molecule has 1 amide bonds. The number of rotatable bonds is 3. The Balaban J connectivity index is 1.64. The summed E-state index contributed by atoms with van der Waals surface area (Å²) in [5.74, 6) is 0.0745. The van der Waals surface area contributed by atoms with Crippen LogP contribution >= 0.6 is 0 Å². The molecule has 1 N–H and O–H groups in total. The highest BCUT2D eigenvalue weighted by Gasteiger charge is 2.24. The van der Waals surface area contributed by atoms with Gasteiger partial charge in [0.05, 0.1) is 5.71 Å². The maximum atomic E-state index is 11.6. The molecule has 0 spiro atoms. The third kappa shape index (κ3) is 2.92. The standard InChI is InChI=1S/C16H20N2O/c19-16-10-12(11-17-13-6-2-1-3-7-13)14-8-4-5-9-15(14)18-16/h4-5,8-10,13-14,17H,1-3,6-7,11H2. The molecule has 1 saturated carbocycles. The van der Waals surface area contributed by atoms with Crippen molar-refractivity contribution in [2.45, 2.75) is 38.1 Å². The quantitative estimate of drug-likeness (QED) is 0.843. The number of hydrogen-bond acceptors (Lipinski definition) is 2. The van der Waals surface area contributed by atoms with Gasteiger partial charge in [-0.05, 0) is 24.5 Å². The Hall–Kier alpha value is -1.48. The van der Waals surface area contributed by atoms with Crippen LogP contribution in [0.4, 0.5) is 0 Å². The molecule has 0 aromatic heterocycles. The van der Waals surface area contributed by atoms with Crippen molar-refractivity contribution < 1.29 is 4.79 Å². The summed E-state index contributed by atoms with van der Waals surface area (Å²) >= 11 is 0. The molecule has 1 heterocycles. The summed E-state index contributed by atoms with van der Waals surface area (Å²) in [6.45, 7) is 0.804. The largest absolute Gasteiger partial charge is 0.310 e. The van der Waals surface area contributed by atoms with Gasteiger partial charge in [-0.3, -0.25) is 4.79 Å². The van der Waals surface area contributed by atoms with Gasteiger partial charge in [0.2, 0.25) is 0 Å². The molecule has 0 aromatic rings. The number of amides is 1. The van der Waals surface area contributed by atoms with Gasteiger partial charge < -0.3 is 5.32 Å². The van der Waals surface area contributed by atoms with E-state index in [2.05, 4.69) is 16.4 Å². The van der Waals surface area contributed by atoms with Crippen LogP contribution < -0.4 is 5.32 Å². The van der Waals surface area contributed by atoms with Gasteiger partial charge in [0.25, 0.3) is 5.91 Å². The third-order valence-electron chi connectivity index (χ3n) is 4.15. The third-order valence-corrected chi connectivity index (χ3v) is 4.15. The van der Waals surface area contributed by atoms with E-state index in [0.717, 1.165) is 17.8 Å². The molecule has 2 aliphatic carbocycles. The van der Waals surface area contributed by atoms with Crippen LogP contribution in [-0.4, -0.2) is 24.2 Å². The second kappa shape index (κ2) is 5.66. The van der Waals surface area contributed by atoms with Gasteiger partial charge in [-0.1, -0.05) is 37.5 Å². The zero-order chi connectivity index (χ0) is 13.1. The van der Waals surface area contributed by atoms with Gasteiger partial charge >= 0.3 is 0 Å². The first-order valence-corrected chi connectivity index (χ1v) is 7.24. The lowest BCUT2D eigenvalue weighted by Crippen LogP contribution is -2.35. The van der Waals surface area contributed by atoms with Crippen molar-refractivity contribution in [3.8, 4) is 0 Å². The van der Waals surface area contributed by atoms with E-state index < -0.39 is 0 Å². The molecule has 3 nitrogen and oxygen atoms in total. The van der Waals surface area contributed by atoms with E-state index in [9.17, 15) is 4.79 Å². The fraction of sp³-hybridized carbons (Fsp3) is 0.500.